The van der Waals surface area contributed by atoms with Gasteiger partial charge in [0, 0.05) is 24.5 Å². The number of urea groups is 1. The van der Waals surface area contributed by atoms with Gasteiger partial charge in [0.1, 0.15) is 12.4 Å². The molecule has 2 N–H and O–H groups in total. The smallest absolute Gasteiger partial charge is 0.319 e. The predicted molar refractivity (Wildman–Crippen MR) is 102 cm³/mol. The van der Waals surface area contributed by atoms with Crippen molar-refractivity contribution in [2.24, 2.45) is 0 Å². The third kappa shape index (κ3) is 5.22. The van der Waals surface area contributed by atoms with Gasteiger partial charge in [-0.1, -0.05) is 41.9 Å². The number of nitrogens with zero attached hydrogens (tertiary/aromatic N) is 1. The van der Waals surface area contributed by atoms with Crippen LogP contribution in [0.25, 0.3) is 0 Å². The molecule has 0 aliphatic carbocycles. The van der Waals surface area contributed by atoms with Gasteiger partial charge in [0.05, 0.1) is 10.7 Å². The van der Waals surface area contributed by atoms with Crippen molar-refractivity contribution in [1.29, 1.82) is 0 Å². The topological polar surface area (TPSA) is 63.2 Å². The fourth-order valence-electron chi connectivity index (χ4n) is 2.27. The van der Waals surface area contributed by atoms with Crippen molar-refractivity contribution < 1.29 is 9.53 Å². The molecule has 0 saturated heterocycles. The van der Waals surface area contributed by atoms with Crippen molar-refractivity contribution in [3.8, 4) is 5.75 Å². The Bertz CT molecular complexity index is 854. The molecular formula is C20H18ClN3O2. The number of benzene rings is 2. The van der Waals surface area contributed by atoms with Crippen LogP contribution in [-0.4, -0.2) is 11.0 Å². The molecular weight excluding hydrogens is 350 g/mol. The number of anilines is 1. The minimum atomic E-state index is -0.310. The molecule has 0 bridgehead atoms. The normalized spacial score (nSPS) is 10.2. The molecule has 6 heteroatoms. The second kappa shape index (κ2) is 8.87. The lowest BCUT2D eigenvalue weighted by molar-refractivity contribution is 0.251. The third-order valence-corrected chi connectivity index (χ3v) is 3.96. The quantitative estimate of drug-likeness (QED) is 0.667. The molecule has 3 aromatic rings. The Hall–Kier alpha value is -3.05. The van der Waals surface area contributed by atoms with Gasteiger partial charge in [-0.3, -0.25) is 4.98 Å². The third-order valence-electron chi connectivity index (χ3n) is 3.63. The van der Waals surface area contributed by atoms with Gasteiger partial charge in [0.15, 0.2) is 0 Å². The highest BCUT2D eigenvalue weighted by Crippen LogP contribution is 2.20. The Morgan fingerprint density at radius 2 is 1.81 bits per heavy atom. The van der Waals surface area contributed by atoms with Gasteiger partial charge in [-0.15, -0.1) is 0 Å². The lowest BCUT2D eigenvalue weighted by Crippen LogP contribution is -2.28. The average Bonchev–Trinajstić information content (AvgIpc) is 2.68. The molecule has 0 spiro atoms. The van der Waals surface area contributed by atoms with E-state index < -0.39 is 0 Å². The summed E-state index contributed by atoms with van der Waals surface area (Å²) in [4.78, 5) is 16.0. The Kier molecular flexibility index (Phi) is 6.06. The molecule has 2 aromatic carbocycles. The van der Waals surface area contributed by atoms with Gasteiger partial charge in [-0.25, -0.2) is 4.79 Å². The van der Waals surface area contributed by atoms with Crippen LogP contribution >= 0.6 is 11.6 Å². The average molecular weight is 368 g/mol. The van der Waals surface area contributed by atoms with Crippen LogP contribution in [0.1, 0.15) is 11.1 Å². The van der Waals surface area contributed by atoms with E-state index in [-0.39, 0.29) is 6.03 Å². The van der Waals surface area contributed by atoms with E-state index in [9.17, 15) is 4.79 Å². The molecule has 26 heavy (non-hydrogen) atoms. The van der Waals surface area contributed by atoms with Crippen LogP contribution < -0.4 is 15.4 Å². The van der Waals surface area contributed by atoms with Crippen LogP contribution in [-0.2, 0) is 13.2 Å². The second-order valence-electron chi connectivity index (χ2n) is 5.58. The van der Waals surface area contributed by atoms with Crippen molar-refractivity contribution in [1.82, 2.24) is 10.3 Å². The molecule has 0 unspecified atom stereocenters. The lowest BCUT2D eigenvalue weighted by atomic mass is 10.2. The number of ether oxygens (including phenoxy) is 1. The molecule has 0 radical (unpaired) electrons. The van der Waals surface area contributed by atoms with E-state index in [2.05, 4.69) is 15.6 Å². The van der Waals surface area contributed by atoms with Crippen molar-refractivity contribution in [2.45, 2.75) is 13.2 Å². The lowest BCUT2D eigenvalue weighted by Gasteiger charge is -2.10. The van der Waals surface area contributed by atoms with Crippen LogP contribution in [0.3, 0.4) is 0 Å². The van der Waals surface area contributed by atoms with Crippen molar-refractivity contribution in [2.75, 3.05) is 5.32 Å². The largest absolute Gasteiger partial charge is 0.489 e. The minimum absolute atomic E-state index is 0.310. The number of rotatable bonds is 6. The Morgan fingerprint density at radius 3 is 2.54 bits per heavy atom. The fourth-order valence-corrected chi connectivity index (χ4v) is 2.45. The number of carbonyl (C=O) groups excluding carboxylic acids is 1. The molecule has 132 valence electrons. The second-order valence-corrected chi connectivity index (χ2v) is 5.99. The van der Waals surface area contributed by atoms with Crippen LogP contribution in [0.5, 0.6) is 5.75 Å². The number of pyridine rings is 1. The highest BCUT2D eigenvalue weighted by atomic mass is 35.5. The number of amides is 2. The monoisotopic (exact) mass is 367 g/mol. The van der Waals surface area contributed by atoms with Gasteiger partial charge < -0.3 is 15.4 Å². The molecule has 0 saturated carbocycles. The zero-order valence-electron chi connectivity index (χ0n) is 14.0. The summed E-state index contributed by atoms with van der Waals surface area (Å²) >= 11 is 6.02. The first kappa shape index (κ1) is 17.8. The first-order valence-corrected chi connectivity index (χ1v) is 8.48. The first-order valence-electron chi connectivity index (χ1n) is 8.11. The number of aromatic nitrogens is 1. The van der Waals surface area contributed by atoms with Gasteiger partial charge in [-0.05, 0) is 35.9 Å². The molecule has 0 atom stereocenters. The number of hydrogen-bond acceptors (Lipinski definition) is 3. The molecule has 0 fully saturated rings. The maximum atomic E-state index is 12.0. The van der Waals surface area contributed by atoms with Gasteiger partial charge in [-0.2, -0.15) is 0 Å². The minimum Gasteiger partial charge on any atom is -0.489 e. The maximum absolute atomic E-state index is 12.0. The van der Waals surface area contributed by atoms with Crippen LogP contribution in [0.15, 0.2) is 73.1 Å². The van der Waals surface area contributed by atoms with E-state index in [4.69, 9.17) is 16.3 Å². The van der Waals surface area contributed by atoms with Crippen LogP contribution in [0, 0.1) is 0 Å². The zero-order valence-corrected chi connectivity index (χ0v) is 14.7. The molecule has 5 nitrogen and oxygen atoms in total. The van der Waals surface area contributed by atoms with Gasteiger partial charge >= 0.3 is 6.03 Å². The molecule has 1 aromatic heterocycles. The van der Waals surface area contributed by atoms with Gasteiger partial charge in [0.25, 0.3) is 0 Å². The summed E-state index contributed by atoms with van der Waals surface area (Å²) in [5.74, 6) is 0.762. The van der Waals surface area contributed by atoms with Crippen molar-refractivity contribution in [3.63, 3.8) is 0 Å². The van der Waals surface area contributed by atoms with Crippen LogP contribution in [0.4, 0.5) is 10.5 Å². The number of nitrogens with one attached hydrogen (secondary N) is 2. The van der Waals surface area contributed by atoms with Crippen molar-refractivity contribution >= 4 is 23.3 Å². The summed E-state index contributed by atoms with van der Waals surface area (Å²) in [7, 11) is 0. The van der Waals surface area contributed by atoms with E-state index in [1.54, 1.807) is 24.5 Å². The number of hydrogen-bond donors (Lipinski definition) is 2. The maximum Gasteiger partial charge on any atom is 0.319 e. The number of carbonyl (C=O) groups is 1. The number of para-hydroxylation sites is 1. The van der Waals surface area contributed by atoms with E-state index in [0.29, 0.717) is 23.9 Å². The number of halogens is 1. The Labute approximate surface area is 157 Å². The molecule has 3 rings (SSSR count). The molecule has 0 aliphatic heterocycles. The van der Waals surface area contributed by atoms with E-state index in [1.165, 1.54) is 0 Å². The first-order chi connectivity index (χ1) is 12.7. The van der Waals surface area contributed by atoms with E-state index in [1.807, 2.05) is 48.5 Å². The summed E-state index contributed by atoms with van der Waals surface area (Å²) in [5.41, 5.74) is 2.55. The van der Waals surface area contributed by atoms with Crippen molar-refractivity contribution in [3.05, 3.63) is 89.2 Å². The fraction of sp³-hybridized carbons (Fsp3) is 0.100. The Morgan fingerprint density at radius 1 is 1.00 bits per heavy atom. The summed E-state index contributed by atoms with van der Waals surface area (Å²) < 4.78 is 5.71. The summed E-state index contributed by atoms with van der Waals surface area (Å²) in [6.07, 6.45) is 3.50. The highest BCUT2D eigenvalue weighted by Gasteiger charge is 2.05. The van der Waals surface area contributed by atoms with E-state index >= 15 is 0 Å². The van der Waals surface area contributed by atoms with Gasteiger partial charge in [0.2, 0.25) is 0 Å². The standard InChI is InChI=1S/C20H18ClN3O2/c21-18-5-1-2-6-19(18)24-20(25)23-13-15-7-9-17(10-8-15)26-14-16-4-3-11-22-12-16/h1-12H,13-14H2,(H2,23,24,25). The molecule has 2 amide bonds. The summed E-state index contributed by atoms with van der Waals surface area (Å²) in [6, 6.07) is 18.2. The SMILES string of the molecule is O=C(NCc1ccc(OCc2cccnc2)cc1)Nc1ccccc1Cl. The van der Waals surface area contributed by atoms with Crippen LogP contribution in [0.2, 0.25) is 5.02 Å². The highest BCUT2D eigenvalue weighted by molar-refractivity contribution is 6.33. The predicted octanol–water partition coefficient (Wildman–Crippen LogP) is 4.64. The summed E-state index contributed by atoms with van der Waals surface area (Å²) in [5, 5.41) is 6.01. The van der Waals surface area contributed by atoms with E-state index in [0.717, 1.165) is 16.9 Å². The molecule has 1 heterocycles. The molecule has 0 aliphatic rings. The summed E-state index contributed by atoms with van der Waals surface area (Å²) in [6.45, 7) is 0.866. The zero-order chi connectivity index (χ0) is 18.2. The Balaban J connectivity index is 1.46.